The number of aromatic nitrogens is 1. The zero-order valence-electron chi connectivity index (χ0n) is 8.89. The van der Waals surface area contributed by atoms with Gasteiger partial charge in [0.05, 0.1) is 5.69 Å². The number of rotatable bonds is 2. The molecular weight excluding hydrogens is 205 g/mol. The summed E-state index contributed by atoms with van der Waals surface area (Å²) in [6.07, 6.45) is 1.60. The lowest BCUT2D eigenvalue weighted by Gasteiger charge is -2.19. The Hall–Kier alpha value is -2.10. The smallest absolute Gasteiger partial charge is 0.146 e. The third-order valence-electron chi connectivity index (χ3n) is 2.37. The number of para-hydroxylation sites is 1. The maximum absolute atomic E-state index is 13.5. The molecule has 3 nitrogen and oxygen atoms in total. The molecule has 0 aliphatic rings. The van der Waals surface area contributed by atoms with Crippen molar-refractivity contribution in [1.29, 1.82) is 0 Å². The van der Waals surface area contributed by atoms with Crippen molar-refractivity contribution in [2.24, 2.45) is 0 Å². The largest absolute Gasteiger partial charge is 0.384 e. The highest BCUT2D eigenvalue weighted by Crippen LogP contribution is 2.26. The van der Waals surface area contributed by atoms with Gasteiger partial charge in [-0.25, -0.2) is 9.37 Å². The summed E-state index contributed by atoms with van der Waals surface area (Å²) in [4.78, 5) is 5.63. The number of anilines is 3. The highest BCUT2D eigenvalue weighted by Gasteiger charge is 2.08. The van der Waals surface area contributed by atoms with Crippen molar-refractivity contribution in [3.8, 4) is 0 Å². The van der Waals surface area contributed by atoms with E-state index in [2.05, 4.69) is 4.98 Å². The minimum Gasteiger partial charge on any atom is -0.384 e. The molecule has 4 heteroatoms. The molecule has 0 bridgehead atoms. The number of nitrogens with zero attached hydrogens (tertiary/aromatic N) is 2. The molecule has 1 aromatic heterocycles. The lowest BCUT2D eigenvalue weighted by Crippen LogP contribution is -2.11. The van der Waals surface area contributed by atoms with E-state index < -0.39 is 0 Å². The average Bonchev–Trinajstić information content (AvgIpc) is 2.29. The predicted octanol–water partition coefficient (Wildman–Crippen LogP) is 2.57. The SMILES string of the molecule is CN(c1ccnc(N)c1)c1ccccc1F. The molecule has 2 aromatic rings. The second-order valence-corrected chi connectivity index (χ2v) is 3.45. The normalized spacial score (nSPS) is 10.1. The van der Waals surface area contributed by atoms with Crippen molar-refractivity contribution >= 4 is 17.2 Å². The van der Waals surface area contributed by atoms with Crippen LogP contribution in [0.1, 0.15) is 0 Å². The van der Waals surface area contributed by atoms with Crippen LogP contribution >= 0.6 is 0 Å². The van der Waals surface area contributed by atoms with E-state index in [1.54, 1.807) is 48.5 Å². The summed E-state index contributed by atoms with van der Waals surface area (Å²) >= 11 is 0. The minimum atomic E-state index is -0.264. The van der Waals surface area contributed by atoms with Gasteiger partial charge in [0, 0.05) is 25.0 Å². The van der Waals surface area contributed by atoms with E-state index in [9.17, 15) is 4.39 Å². The lowest BCUT2D eigenvalue weighted by molar-refractivity contribution is 0.627. The molecule has 0 aliphatic carbocycles. The van der Waals surface area contributed by atoms with Gasteiger partial charge < -0.3 is 10.6 Å². The molecule has 2 N–H and O–H groups in total. The first kappa shape index (κ1) is 10.4. The molecule has 0 saturated carbocycles. The van der Waals surface area contributed by atoms with Crippen molar-refractivity contribution in [3.63, 3.8) is 0 Å². The quantitative estimate of drug-likeness (QED) is 0.840. The van der Waals surface area contributed by atoms with Gasteiger partial charge in [-0.15, -0.1) is 0 Å². The van der Waals surface area contributed by atoms with Crippen LogP contribution in [0.5, 0.6) is 0 Å². The summed E-state index contributed by atoms with van der Waals surface area (Å²) in [5.41, 5.74) is 6.89. The summed E-state index contributed by atoms with van der Waals surface area (Å²) in [5.74, 6) is 0.154. The molecule has 0 saturated heterocycles. The van der Waals surface area contributed by atoms with Crippen LogP contribution in [-0.2, 0) is 0 Å². The molecule has 1 heterocycles. The molecule has 0 amide bonds. The third kappa shape index (κ3) is 1.95. The Kier molecular flexibility index (Phi) is 2.72. The van der Waals surface area contributed by atoms with E-state index in [0.29, 0.717) is 11.5 Å². The van der Waals surface area contributed by atoms with Gasteiger partial charge in [0.15, 0.2) is 0 Å². The molecule has 16 heavy (non-hydrogen) atoms. The van der Waals surface area contributed by atoms with Crippen LogP contribution in [0.3, 0.4) is 0 Å². The monoisotopic (exact) mass is 217 g/mol. The minimum absolute atomic E-state index is 0.264. The number of halogens is 1. The van der Waals surface area contributed by atoms with Crippen LogP contribution in [-0.4, -0.2) is 12.0 Å². The van der Waals surface area contributed by atoms with E-state index >= 15 is 0 Å². The molecule has 0 atom stereocenters. The van der Waals surface area contributed by atoms with Crippen LogP contribution in [0.4, 0.5) is 21.6 Å². The molecule has 0 spiro atoms. The van der Waals surface area contributed by atoms with Gasteiger partial charge in [0.25, 0.3) is 0 Å². The number of nitrogen functional groups attached to an aromatic ring is 1. The molecule has 1 aromatic carbocycles. The van der Waals surface area contributed by atoms with Crippen molar-refractivity contribution in [3.05, 3.63) is 48.4 Å². The number of hydrogen-bond acceptors (Lipinski definition) is 3. The zero-order chi connectivity index (χ0) is 11.5. The van der Waals surface area contributed by atoms with Gasteiger partial charge in [-0.05, 0) is 18.2 Å². The van der Waals surface area contributed by atoms with Crippen LogP contribution in [0, 0.1) is 5.82 Å². The Morgan fingerprint density at radius 1 is 1.25 bits per heavy atom. The van der Waals surface area contributed by atoms with E-state index in [-0.39, 0.29) is 5.82 Å². The second kappa shape index (κ2) is 4.18. The Balaban J connectivity index is 2.39. The van der Waals surface area contributed by atoms with Crippen molar-refractivity contribution in [2.75, 3.05) is 17.7 Å². The first-order valence-corrected chi connectivity index (χ1v) is 4.88. The van der Waals surface area contributed by atoms with Crippen LogP contribution in [0.25, 0.3) is 0 Å². The number of pyridine rings is 1. The topological polar surface area (TPSA) is 42.2 Å². The van der Waals surface area contributed by atoms with Crippen molar-refractivity contribution in [1.82, 2.24) is 4.98 Å². The third-order valence-corrected chi connectivity index (χ3v) is 2.37. The van der Waals surface area contributed by atoms with Crippen molar-refractivity contribution in [2.45, 2.75) is 0 Å². The number of nitrogens with two attached hydrogens (primary N) is 1. The fraction of sp³-hybridized carbons (Fsp3) is 0.0833. The molecule has 0 unspecified atom stereocenters. The Labute approximate surface area is 93.3 Å². The highest BCUT2D eigenvalue weighted by atomic mass is 19.1. The molecule has 0 radical (unpaired) electrons. The molecule has 82 valence electrons. The van der Waals surface area contributed by atoms with E-state index in [4.69, 9.17) is 5.73 Å². The van der Waals surface area contributed by atoms with Crippen LogP contribution < -0.4 is 10.6 Å². The van der Waals surface area contributed by atoms with E-state index in [1.165, 1.54) is 6.07 Å². The maximum atomic E-state index is 13.5. The maximum Gasteiger partial charge on any atom is 0.146 e. The second-order valence-electron chi connectivity index (χ2n) is 3.45. The van der Waals surface area contributed by atoms with Crippen LogP contribution in [0.15, 0.2) is 42.6 Å². The van der Waals surface area contributed by atoms with E-state index in [0.717, 1.165) is 5.69 Å². The highest BCUT2D eigenvalue weighted by molar-refractivity contribution is 5.64. The standard InChI is InChI=1S/C12H12FN3/c1-16(9-6-7-15-12(14)8-9)11-5-3-2-4-10(11)13/h2-8H,1H3,(H2,14,15). The van der Waals surface area contributed by atoms with Gasteiger partial charge in [-0.1, -0.05) is 12.1 Å². The average molecular weight is 217 g/mol. The van der Waals surface area contributed by atoms with Crippen molar-refractivity contribution < 1.29 is 4.39 Å². The van der Waals surface area contributed by atoms with E-state index in [1.807, 2.05) is 0 Å². The van der Waals surface area contributed by atoms with Gasteiger partial charge in [-0.3, -0.25) is 0 Å². The predicted molar refractivity (Wildman–Crippen MR) is 63.1 cm³/mol. The number of hydrogen-bond donors (Lipinski definition) is 1. The van der Waals surface area contributed by atoms with Gasteiger partial charge in [0.2, 0.25) is 0 Å². The zero-order valence-corrected chi connectivity index (χ0v) is 8.89. The Bertz CT molecular complexity index is 499. The number of benzene rings is 1. The molecule has 0 fully saturated rings. The Morgan fingerprint density at radius 3 is 2.69 bits per heavy atom. The first-order chi connectivity index (χ1) is 7.68. The first-order valence-electron chi connectivity index (χ1n) is 4.88. The molecule has 0 aliphatic heterocycles. The molecule has 2 rings (SSSR count). The fourth-order valence-corrected chi connectivity index (χ4v) is 1.51. The lowest BCUT2D eigenvalue weighted by atomic mass is 10.2. The summed E-state index contributed by atoms with van der Waals surface area (Å²) < 4.78 is 13.5. The Morgan fingerprint density at radius 2 is 2.00 bits per heavy atom. The summed E-state index contributed by atoms with van der Waals surface area (Å²) in [6, 6.07) is 10.1. The summed E-state index contributed by atoms with van der Waals surface area (Å²) in [5, 5.41) is 0. The summed E-state index contributed by atoms with van der Waals surface area (Å²) in [7, 11) is 1.78. The van der Waals surface area contributed by atoms with Gasteiger partial charge in [0.1, 0.15) is 11.6 Å². The molecular formula is C12H12FN3. The van der Waals surface area contributed by atoms with Crippen LogP contribution in [0.2, 0.25) is 0 Å². The fourth-order valence-electron chi connectivity index (χ4n) is 1.51. The van der Waals surface area contributed by atoms with Gasteiger partial charge >= 0.3 is 0 Å². The van der Waals surface area contributed by atoms with Gasteiger partial charge in [-0.2, -0.15) is 0 Å². The summed E-state index contributed by atoms with van der Waals surface area (Å²) in [6.45, 7) is 0.